The smallest absolute Gasteiger partial charge is 0.147 e. The van der Waals surface area contributed by atoms with Crippen molar-refractivity contribution in [3.05, 3.63) is 46.7 Å². The van der Waals surface area contributed by atoms with Crippen molar-refractivity contribution in [3.63, 3.8) is 0 Å². The minimum absolute atomic E-state index is 0.282. The van der Waals surface area contributed by atoms with Crippen LogP contribution in [0.5, 0.6) is 0 Å². The first-order valence-corrected chi connectivity index (χ1v) is 5.22. The van der Waals surface area contributed by atoms with Gasteiger partial charge in [-0.15, -0.1) is 0 Å². The van der Waals surface area contributed by atoms with Crippen molar-refractivity contribution in [1.29, 1.82) is 0 Å². The van der Waals surface area contributed by atoms with Gasteiger partial charge < -0.3 is 10.3 Å². The zero-order chi connectivity index (χ0) is 10.7. The van der Waals surface area contributed by atoms with Crippen molar-refractivity contribution < 1.29 is 4.39 Å². The normalized spacial score (nSPS) is 10.3. The van der Waals surface area contributed by atoms with Crippen molar-refractivity contribution in [3.8, 4) is 0 Å². The van der Waals surface area contributed by atoms with Gasteiger partial charge in [-0.25, -0.2) is 9.37 Å². The fourth-order valence-electron chi connectivity index (χ4n) is 1.21. The number of aromatic amines is 1. The minimum Gasteiger partial charge on any atom is -0.375 e. The molecule has 2 rings (SSSR count). The van der Waals surface area contributed by atoms with Crippen molar-refractivity contribution >= 4 is 21.6 Å². The summed E-state index contributed by atoms with van der Waals surface area (Å²) in [5.74, 6) is 0.494. The molecule has 0 amide bonds. The number of nitrogens with zero attached hydrogens (tertiary/aromatic N) is 1. The van der Waals surface area contributed by atoms with Gasteiger partial charge in [0.1, 0.15) is 11.6 Å². The number of nitrogens with one attached hydrogen (secondary N) is 2. The lowest BCUT2D eigenvalue weighted by molar-refractivity contribution is 0.629. The molecule has 0 aliphatic rings. The van der Waals surface area contributed by atoms with Crippen molar-refractivity contribution in [2.45, 2.75) is 6.54 Å². The number of halogens is 2. The number of hydrogen-bond donors (Lipinski definition) is 2. The van der Waals surface area contributed by atoms with Crippen LogP contribution < -0.4 is 5.32 Å². The summed E-state index contributed by atoms with van der Waals surface area (Å²) in [7, 11) is 0. The molecule has 0 spiro atoms. The third-order valence-corrected chi connectivity index (χ3v) is 2.43. The molecule has 2 aromatic rings. The summed E-state index contributed by atoms with van der Waals surface area (Å²) < 4.78 is 14.1. The molecule has 0 bridgehead atoms. The first-order valence-electron chi connectivity index (χ1n) is 4.43. The van der Waals surface area contributed by atoms with Gasteiger partial charge in [0, 0.05) is 16.9 Å². The number of H-pyrrole nitrogens is 1. The monoisotopic (exact) mass is 269 g/mol. The highest BCUT2D eigenvalue weighted by Gasteiger charge is 2.02. The molecule has 2 N–H and O–H groups in total. The predicted octanol–water partition coefficient (Wildman–Crippen LogP) is 2.92. The Bertz CT molecular complexity index is 442. The molecule has 15 heavy (non-hydrogen) atoms. The second-order valence-electron chi connectivity index (χ2n) is 3.01. The van der Waals surface area contributed by atoms with E-state index in [9.17, 15) is 4.39 Å². The molecule has 0 aliphatic carbocycles. The van der Waals surface area contributed by atoms with E-state index in [2.05, 4.69) is 31.2 Å². The van der Waals surface area contributed by atoms with Crippen LogP contribution in [0, 0.1) is 5.82 Å². The third-order valence-electron chi connectivity index (χ3n) is 1.93. The highest BCUT2D eigenvalue weighted by Crippen LogP contribution is 2.19. The summed E-state index contributed by atoms with van der Waals surface area (Å²) in [6.07, 6.45) is 3.39. The summed E-state index contributed by atoms with van der Waals surface area (Å²) in [6, 6.07) is 4.89. The Kier molecular flexibility index (Phi) is 3.01. The summed E-state index contributed by atoms with van der Waals surface area (Å²) in [4.78, 5) is 6.96. The van der Waals surface area contributed by atoms with Crippen LogP contribution in [0.4, 0.5) is 10.1 Å². The maximum Gasteiger partial charge on any atom is 0.147 e. The standard InChI is InChI=1S/C10H9BrFN3/c11-7-1-2-9(8(12)5-7)15-6-10-13-3-4-14-10/h1-5,15H,6H2,(H,13,14). The van der Waals surface area contributed by atoms with Gasteiger partial charge in [-0.3, -0.25) is 0 Å². The Balaban J connectivity index is 2.05. The van der Waals surface area contributed by atoms with Gasteiger partial charge in [0.2, 0.25) is 0 Å². The molecule has 78 valence electrons. The topological polar surface area (TPSA) is 40.7 Å². The molecule has 0 unspecified atom stereocenters. The Labute approximate surface area is 94.9 Å². The maximum absolute atomic E-state index is 13.4. The van der Waals surface area contributed by atoms with E-state index in [1.165, 1.54) is 6.07 Å². The Morgan fingerprint density at radius 1 is 1.47 bits per heavy atom. The average Bonchev–Trinajstić information content (AvgIpc) is 2.69. The van der Waals surface area contributed by atoms with E-state index >= 15 is 0 Å². The van der Waals surface area contributed by atoms with E-state index in [1.807, 2.05) is 0 Å². The zero-order valence-corrected chi connectivity index (χ0v) is 9.38. The van der Waals surface area contributed by atoms with Gasteiger partial charge in [0.25, 0.3) is 0 Å². The van der Waals surface area contributed by atoms with Gasteiger partial charge in [0.15, 0.2) is 0 Å². The van der Waals surface area contributed by atoms with E-state index in [0.29, 0.717) is 12.2 Å². The SMILES string of the molecule is Fc1cc(Br)ccc1NCc1ncc[nH]1. The fraction of sp³-hybridized carbons (Fsp3) is 0.100. The summed E-state index contributed by atoms with van der Waals surface area (Å²) in [5.41, 5.74) is 0.467. The average molecular weight is 270 g/mol. The van der Waals surface area contributed by atoms with Crippen LogP contribution >= 0.6 is 15.9 Å². The largest absolute Gasteiger partial charge is 0.375 e. The Morgan fingerprint density at radius 2 is 2.33 bits per heavy atom. The number of rotatable bonds is 3. The molecular formula is C10H9BrFN3. The van der Waals surface area contributed by atoms with Crippen LogP contribution in [0.2, 0.25) is 0 Å². The molecule has 3 nitrogen and oxygen atoms in total. The second-order valence-corrected chi connectivity index (χ2v) is 3.93. The molecule has 0 atom stereocenters. The first-order chi connectivity index (χ1) is 7.25. The lowest BCUT2D eigenvalue weighted by atomic mass is 10.3. The van der Waals surface area contributed by atoms with E-state index in [0.717, 1.165) is 10.3 Å². The van der Waals surface area contributed by atoms with Crippen LogP contribution in [0.3, 0.4) is 0 Å². The van der Waals surface area contributed by atoms with Crippen LogP contribution in [-0.2, 0) is 6.54 Å². The van der Waals surface area contributed by atoms with Crippen molar-refractivity contribution in [2.75, 3.05) is 5.32 Å². The lowest BCUT2D eigenvalue weighted by Crippen LogP contribution is -2.02. The van der Waals surface area contributed by atoms with Gasteiger partial charge in [0.05, 0.1) is 12.2 Å². The number of hydrogen-bond acceptors (Lipinski definition) is 2. The van der Waals surface area contributed by atoms with Crippen LogP contribution in [0.25, 0.3) is 0 Å². The molecular weight excluding hydrogens is 261 g/mol. The molecule has 1 aromatic carbocycles. The molecule has 0 radical (unpaired) electrons. The molecule has 1 aromatic heterocycles. The summed E-state index contributed by atoms with van der Waals surface area (Å²) in [6.45, 7) is 0.478. The molecule has 0 saturated carbocycles. The Morgan fingerprint density at radius 3 is 3.00 bits per heavy atom. The van der Waals surface area contributed by atoms with Crippen LogP contribution in [-0.4, -0.2) is 9.97 Å². The summed E-state index contributed by atoms with van der Waals surface area (Å²) in [5, 5.41) is 2.95. The lowest BCUT2D eigenvalue weighted by Gasteiger charge is -2.05. The molecule has 5 heteroatoms. The van der Waals surface area contributed by atoms with Gasteiger partial charge >= 0.3 is 0 Å². The van der Waals surface area contributed by atoms with E-state index in [4.69, 9.17) is 0 Å². The number of imidazole rings is 1. The van der Waals surface area contributed by atoms with Gasteiger partial charge in [-0.1, -0.05) is 15.9 Å². The molecule has 0 aliphatic heterocycles. The van der Waals surface area contributed by atoms with Crippen LogP contribution in [0.1, 0.15) is 5.82 Å². The fourth-order valence-corrected chi connectivity index (χ4v) is 1.54. The number of benzene rings is 1. The number of aromatic nitrogens is 2. The van der Waals surface area contributed by atoms with Gasteiger partial charge in [-0.2, -0.15) is 0 Å². The molecule has 1 heterocycles. The molecule has 0 saturated heterocycles. The second kappa shape index (κ2) is 4.44. The number of anilines is 1. The third kappa shape index (κ3) is 2.56. The Hall–Kier alpha value is -1.36. The highest BCUT2D eigenvalue weighted by molar-refractivity contribution is 9.10. The first kappa shape index (κ1) is 10.2. The molecule has 0 fully saturated rings. The van der Waals surface area contributed by atoms with Crippen molar-refractivity contribution in [2.24, 2.45) is 0 Å². The van der Waals surface area contributed by atoms with Crippen molar-refractivity contribution in [1.82, 2.24) is 9.97 Å². The van der Waals surface area contributed by atoms with E-state index < -0.39 is 0 Å². The van der Waals surface area contributed by atoms with Gasteiger partial charge in [-0.05, 0) is 18.2 Å². The van der Waals surface area contributed by atoms with Crippen LogP contribution in [0.15, 0.2) is 35.1 Å². The van der Waals surface area contributed by atoms with E-state index in [1.54, 1.807) is 24.5 Å². The summed E-state index contributed by atoms with van der Waals surface area (Å²) >= 11 is 3.20. The zero-order valence-electron chi connectivity index (χ0n) is 7.80. The van der Waals surface area contributed by atoms with E-state index in [-0.39, 0.29) is 5.82 Å². The quantitative estimate of drug-likeness (QED) is 0.900. The minimum atomic E-state index is -0.282. The highest BCUT2D eigenvalue weighted by atomic mass is 79.9. The maximum atomic E-state index is 13.4. The predicted molar refractivity (Wildman–Crippen MR) is 60.0 cm³/mol.